The summed E-state index contributed by atoms with van der Waals surface area (Å²) in [5.41, 5.74) is -0.765. The maximum absolute atomic E-state index is 15.3. The SMILES string of the molecule is COc1ncc(CF)cc1S(=O)(=O)Nc1ccc(F)c(C#Cc2cncc3c(Cl)nn(CCO)c23)c1F. The Hall–Kier alpha value is -3.86. The van der Waals surface area contributed by atoms with Crippen LogP contribution >= 0.6 is 11.6 Å². The molecule has 2 N–H and O–H groups in total. The van der Waals surface area contributed by atoms with E-state index in [1.54, 1.807) is 0 Å². The number of pyridine rings is 2. The number of fused-ring (bicyclic) bond motifs is 1. The second kappa shape index (κ2) is 10.6. The first kappa shape index (κ1) is 26.2. The van der Waals surface area contributed by atoms with Gasteiger partial charge in [0.2, 0.25) is 5.88 Å². The van der Waals surface area contributed by atoms with Gasteiger partial charge in [0, 0.05) is 24.2 Å². The minimum Gasteiger partial charge on any atom is -0.480 e. The number of rotatable bonds is 7. The van der Waals surface area contributed by atoms with E-state index in [-0.39, 0.29) is 35.3 Å². The van der Waals surface area contributed by atoms with Crippen LogP contribution in [0.5, 0.6) is 5.88 Å². The van der Waals surface area contributed by atoms with Crippen LogP contribution in [0, 0.1) is 23.5 Å². The Labute approximate surface area is 213 Å². The molecule has 37 heavy (non-hydrogen) atoms. The number of nitrogens with one attached hydrogen (secondary N) is 1. The lowest BCUT2D eigenvalue weighted by molar-refractivity contribution is 0.271. The van der Waals surface area contributed by atoms with Gasteiger partial charge >= 0.3 is 0 Å². The van der Waals surface area contributed by atoms with Gasteiger partial charge in [0.1, 0.15) is 17.4 Å². The number of hydrogen-bond donors (Lipinski definition) is 2. The van der Waals surface area contributed by atoms with Crippen LogP contribution in [0.15, 0.2) is 41.7 Å². The van der Waals surface area contributed by atoms with Gasteiger partial charge in [-0.2, -0.15) is 5.10 Å². The van der Waals surface area contributed by atoms with E-state index in [4.69, 9.17) is 16.3 Å². The molecule has 3 aromatic heterocycles. The second-order valence-electron chi connectivity index (χ2n) is 7.44. The van der Waals surface area contributed by atoms with Crippen LogP contribution in [0.4, 0.5) is 18.9 Å². The molecule has 4 rings (SSSR count). The highest BCUT2D eigenvalue weighted by Crippen LogP contribution is 2.28. The van der Waals surface area contributed by atoms with E-state index in [2.05, 4.69) is 26.9 Å². The zero-order chi connectivity index (χ0) is 26.7. The minimum absolute atomic E-state index is 0.0457. The fraction of sp³-hybridized carbons (Fsp3) is 0.174. The lowest BCUT2D eigenvalue weighted by Crippen LogP contribution is -2.16. The number of anilines is 1. The lowest BCUT2D eigenvalue weighted by atomic mass is 10.1. The fourth-order valence-electron chi connectivity index (χ4n) is 3.41. The smallest absolute Gasteiger partial charge is 0.267 e. The predicted octanol–water partition coefficient (Wildman–Crippen LogP) is 3.43. The Morgan fingerprint density at radius 3 is 2.70 bits per heavy atom. The Morgan fingerprint density at radius 1 is 1.22 bits per heavy atom. The summed E-state index contributed by atoms with van der Waals surface area (Å²) in [6, 6.07) is 2.71. The summed E-state index contributed by atoms with van der Waals surface area (Å²) in [7, 11) is -3.36. The number of methoxy groups -OCH3 is 1. The lowest BCUT2D eigenvalue weighted by Gasteiger charge is -2.13. The van der Waals surface area contributed by atoms with Crippen molar-refractivity contribution in [3.05, 3.63) is 70.3 Å². The highest BCUT2D eigenvalue weighted by molar-refractivity contribution is 7.92. The van der Waals surface area contributed by atoms with Gasteiger partial charge in [-0.25, -0.2) is 26.6 Å². The highest BCUT2D eigenvalue weighted by atomic mass is 35.5. The summed E-state index contributed by atoms with van der Waals surface area (Å²) in [5.74, 6) is 2.30. The monoisotopic (exact) mass is 551 g/mol. The molecule has 0 aliphatic carbocycles. The van der Waals surface area contributed by atoms with Gasteiger partial charge in [-0.1, -0.05) is 23.4 Å². The molecule has 1 aromatic carbocycles. The van der Waals surface area contributed by atoms with Crippen molar-refractivity contribution in [2.24, 2.45) is 0 Å². The molecule has 3 heterocycles. The Balaban J connectivity index is 1.76. The largest absolute Gasteiger partial charge is 0.480 e. The molecule has 0 atom stereocenters. The van der Waals surface area contributed by atoms with Gasteiger partial charge in [0.15, 0.2) is 11.0 Å². The Kier molecular flexibility index (Phi) is 7.53. The average molecular weight is 552 g/mol. The van der Waals surface area contributed by atoms with Crippen molar-refractivity contribution in [1.82, 2.24) is 19.7 Å². The molecule has 4 aromatic rings. The molecule has 0 bridgehead atoms. The zero-order valence-corrected chi connectivity index (χ0v) is 20.5. The number of aliphatic hydroxyl groups excluding tert-OH is 1. The van der Waals surface area contributed by atoms with Gasteiger partial charge < -0.3 is 9.84 Å². The number of aliphatic hydroxyl groups is 1. The zero-order valence-electron chi connectivity index (χ0n) is 19.0. The van der Waals surface area contributed by atoms with Gasteiger partial charge in [0.05, 0.1) is 48.0 Å². The van der Waals surface area contributed by atoms with Crippen LogP contribution in [0.3, 0.4) is 0 Å². The van der Waals surface area contributed by atoms with Crippen LogP contribution in [0.25, 0.3) is 10.9 Å². The number of benzene rings is 1. The molecule has 0 saturated heterocycles. The van der Waals surface area contributed by atoms with Crippen molar-refractivity contribution in [1.29, 1.82) is 0 Å². The number of halogens is 4. The Bertz CT molecular complexity index is 1670. The molecule has 0 fully saturated rings. The van der Waals surface area contributed by atoms with Crippen LogP contribution < -0.4 is 9.46 Å². The van der Waals surface area contributed by atoms with E-state index in [1.165, 1.54) is 17.1 Å². The number of ether oxygens (including phenoxy) is 1. The fourth-order valence-corrected chi connectivity index (χ4v) is 4.87. The van der Waals surface area contributed by atoms with E-state index < -0.39 is 44.5 Å². The molecular formula is C23H17ClF3N5O4S. The third kappa shape index (κ3) is 5.17. The third-order valence-electron chi connectivity index (χ3n) is 5.09. The standard InChI is InChI=1S/C23H17ClF3N5O4S/c1-36-23-19(8-13(9-25)10-29-23)37(34,35)31-18-5-4-17(26)15(20(18)27)3-2-14-11-28-12-16-21(14)32(6-7-33)30-22(16)24/h4-5,8,10-12,31,33H,6-7,9H2,1H3. The predicted molar refractivity (Wildman–Crippen MR) is 128 cm³/mol. The molecular weight excluding hydrogens is 535 g/mol. The molecule has 0 aliphatic heterocycles. The molecule has 0 aliphatic rings. The second-order valence-corrected chi connectivity index (χ2v) is 9.45. The van der Waals surface area contributed by atoms with Crippen LogP contribution in [0.1, 0.15) is 16.7 Å². The highest BCUT2D eigenvalue weighted by Gasteiger charge is 2.24. The molecule has 0 unspecified atom stereocenters. The van der Waals surface area contributed by atoms with Crippen LogP contribution in [0.2, 0.25) is 5.15 Å². The molecule has 0 radical (unpaired) electrons. The van der Waals surface area contributed by atoms with E-state index in [0.29, 0.717) is 10.9 Å². The van der Waals surface area contributed by atoms with Crippen LogP contribution in [-0.2, 0) is 23.2 Å². The summed E-state index contributed by atoms with van der Waals surface area (Å²) in [6.07, 6.45) is 3.86. The first-order valence-electron chi connectivity index (χ1n) is 10.4. The van der Waals surface area contributed by atoms with Crippen molar-refractivity contribution in [3.63, 3.8) is 0 Å². The van der Waals surface area contributed by atoms with Gasteiger partial charge in [-0.05, 0) is 18.2 Å². The van der Waals surface area contributed by atoms with E-state index >= 15 is 4.39 Å². The minimum atomic E-state index is -4.52. The van der Waals surface area contributed by atoms with Crippen molar-refractivity contribution in [2.45, 2.75) is 18.1 Å². The van der Waals surface area contributed by atoms with Crippen molar-refractivity contribution in [3.8, 4) is 17.7 Å². The van der Waals surface area contributed by atoms with E-state index in [9.17, 15) is 22.3 Å². The maximum Gasteiger partial charge on any atom is 0.267 e. The number of sulfonamides is 1. The number of hydrogen-bond acceptors (Lipinski definition) is 7. The van der Waals surface area contributed by atoms with E-state index in [0.717, 1.165) is 31.5 Å². The normalized spacial score (nSPS) is 11.3. The first-order chi connectivity index (χ1) is 17.7. The van der Waals surface area contributed by atoms with Crippen molar-refractivity contribution < 1.29 is 31.4 Å². The van der Waals surface area contributed by atoms with E-state index in [1.807, 2.05) is 4.72 Å². The average Bonchev–Trinajstić information content (AvgIpc) is 3.21. The first-order valence-corrected chi connectivity index (χ1v) is 12.3. The van der Waals surface area contributed by atoms with Gasteiger partial charge in [0.25, 0.3) is 10.0 Å². The molecule has 192 valence electrons. The molecule has 0 amide bonds. The third-order valence-corrected chi connectivity index (χ3v) is 6.73. The van der Waals surface area contributed by atoms with Crippen LogP contribution in [-0.4, -0.2) is 47.0 Å². The molecule has 0 spiro atoms. The summed E-state index contributed by atoms with van der Waals surface area (Å²) in [5, 5.41) is 13.9. The summed E-state index contributed by atoms with van der Waals surface area (Å²) >= 11 is 6.11. The summed E-state index contributed by atoms with van der Waals surface area (Å²) in [6.45, 7) is -1.15. The number of aromatic nitrogens is 4. The molecule has 9 nitrogen and oxygen atoms in total. The van der Waals surface area contributed by atoms with Gasteiger partial charge in [-0.3, -0.25) is 14.4 Å². The maximum atomic E-state index is 15.3. The Morgan fingerprint density at radius 2 is 2.00 bits per heavy atom. The van der Waals surface area contributed by atoms with Gasteiger partial charge in [-0.15, -0.1) is 0 Å². The molecule has 0 saturated carbocycles. The topological polar surface area (TPSA) is 119 Å². The summed E-state index contributed by atoms with van der Waals surface area (Å²) < 4.78 is 77.0. The summed E-state index contributed by atoms with van der Waals surface area (Å²) in [4.78, 5) is 7.22. The number of nitrogens with zero attached hydrogens (tertiary/aromatic N) is 4. The van der Waals surface area contributed by atoms with Crippen molar-refractivity contribution in [2.75, 3.05) is 18.4 Å². The molecule has 14 heteroatoms. The number of alkyl halides is 1. The van der Waals surface area contributed by atoms with Crippen molar-refractivity contribution >= 4 is 38.2 Å². The quantitative estimate of drug-likeness (QED) is 0.338.